The Bertz CT molecular complexity index is 598. The molecule has 0 radical (unpaired) electrons. The third-order valence-corrected chi connectivity index (χ3v) is 3.89. The normalized spacial score (nSPS) is 20.5. The molecular formula is C16H20N2O4. The van der Waals surface area contributed by atoms with E-state index in [0.29, 0.717) is 30.4 Å². The summed E-state index contributed by atoms with van der Waals surface area (Å²) in [4.78, 5) is 36.5. The molecule has 0 aliphatic heterocycles. The van der Waals surface area contributed by atoms with Gasteiger partial charge in [0.15, 0.2) is 0 Å². The molecule has 2 N–H and O–H groups in total. The van der Waals surface area contributed by atoms with Crippen LogP contribution < -0.4 is 5.32 Å². The highest BCUT2D eigenvalue weighted by Crippen LogP contribution is 2.25. The van der Waals surface area contributed by atoms with Gasteiger partial charge in [0.05, 0.1) is 5.92 Å². The number of benzene rings is 1. The van der Waals surface area contributed by atoms with Crippen LogP contribution in [0.2, 0.25) is 0 Å². The van der Waals surface area contributed by atoms with Gasteiger partial charge < -0.3 is 15.3 Å². The van der Waals surface area contributed by atoms with Gasteiger partial charge in [-0.2, -0.15) is 0 Å². The molecule has 6 heteroatoms. The molecule has 22 heavy (non-hydrogen) atoms. The van der Waals surface area contributed by atoms with Crippen molar-refractivity contribution in [2.75, 3.05) is 14.1 Å². The number of carboxylic acids is 1. The van der Waals surface area contributed by atoms with Crippen molar-refractivity contribution < 1.29 is 19.5 Å². The SMILES string of the molecule is CN(C)C(=O)c1cccc(C(=O)N[C@H]2CC[C@@H](C(=O)O)C2)c1. The summed E-state index contributed by atoms with van der Waals surface area (Å²) in [7, 11) is 3.30. The van der Waals surface area contributed by atoms with Crippen LogP contribution in [0.3, 0.4) is 0 Å². The Hall–Kier alpha value is -2.37. The molecule has 2 amide bonds. The molecule has 0 unspecified atom stereocenters. The Morgan fingerprint density at radius 2 is 1.86 bits per heavy atom. The predicted molar refractivity (Wildman–Crippen MR) is 80.7 cm³/mol. The van der Waals surface area contributed by atoms with E-state index < -0.39 is 5.97 Å². The maximum absolute atomic E-state index is 12.2. The fraction of sp³-hybridized carbons (Fsp3) is 0.438. The number of hydrogen-bond donors (Lipinski definition) is 2. The molecule has 0 heterocycles. The number of carboxylic acid groups (broad SMARTS) is 1. The topological polar surface area (TPSA) is 86.7 Å². The van der Waals surface area contributed by atoms with Gasteiger partial charge in [0.25, 0.3) is 11.8 Å². The molecule has 2 rings (SSSR count). The second-order valence-corrected chi connectivity index (χ2v) is 5.80. The lowest BCUT2D eigenvalue weighted by Crippen LogP contribution is -2.33. The third kappa shape index (κ3) is 3.63. The molecule has 1 fully saturated rings. The van der Waals surface area contributed by atoms with Gasteiger partial charge in [-0.25, -0.2) is 0 Å². The van der Waals surface area contributed by atoms with E-state index in [-0.39, 0.29) is 23.8 Å². The van der Waals surface area contributed by atoms with Gasteiger partial charge in [0.2, 0.25) is 0 Å². The number of carbonyl (C=O) groups excluding carboxylic acids is 2. The van der Waals surface area contributed by atoms with Gasteiger partial charge in [-0.1, -0.05) is 6.07 Å². The molecule has 118 valence electrons. The zero-order valence-electron chi connectivity index (χ0n) is 12.7. The fourth-order valence-corrected chi connectivity index (χ4v) is 2.66. The van der Waals surface area contributed by atoms with Gasteiger partial charge in [-0.05, 0) is 37.5 Å². The molecule has 2 atom stereocenters. The average molecular weight is 304 g/mol. The Morgan fingerprint density at radius 3 is 2.45 bits per heavy atom. The lowest BCUT2D eigenvalue weighted by molar-refractivity contribution is -0.141. The first-order valence-corrected chi connectivity index (χ1v) is 7.24. The van der Waals surface area contributed by atoms with Crippen molar-refractivity contribution in [1.29, 1.82) is 0 Å². The molecule has 6 nitrogen and oxygen atoms in total. The van der Waals surface area contributed by atoms with Gasteiger partial charge >= 0.3 is 5.97 Å². The molecule has 1 saturated carbocycles. The fourth-order valence-electron chi connectivity index (χ4n) is 2.66. The summed E-state index contributed by atoms with van der Waals surface area (Å²) < 4.78 is 0. The number of rotatable bonds is 4. The smallest absolute Gasteiger partial charge is 0.306 e. The molecule has 0 spiro atoms. The summed E-state index contributed by atoms with van der Waals surface area (Å²) in [5.41, 5.74) is 0.860. The quantitative estimate of drug-likeness (QED) is 0.879. The lowest BCUT2D eigenvalue weighted by atomic mass is 10.1. The summed E-state index contributed by atoms with van der Waals surface area (Å²) in [6, 6.07) is 6.41. The molecule has 0 saturated heterocycles. The molecule has 0 bridgehead atoms. The summed E-state index contributed by atoms with van der Waals surface area (Å²) in [6.07, 6.45) is 1.70. The van der Waals surface area contributed by atoms with Crippen molar-refractivity contribution in [3.05, 3.63) is 35.4 Å². The first-order valence-electron chi connectivity index (χ1n) is 7.24. The van der Waals surface area contributed by atoms with Crippen LogP contribution in [0.1, 0.15) is 40.0 Å². The van der Waals surface area contributed by atoms with E-state index in [2.05, 4.69) is 5.32 Å². The van der Waals surface area contributed by atoms with Gasteiger partial charge in [0.1, 0.15) is 0 Å². The van der Waals surface area contributed by atoms with Crippen LogP contribution in [-0.2, 0) is 4.79 Å². The second-order valence-electron chi connectivity index (χ2n) is 5.80. The van der Waals surface area contributed by atoms with Crippen LogP contribution in [0.5, 0.6) is 0 Å². The summed E-state index contributed by atoms with van der Waals surface area (Å²) in [6.45, 7) is 0. The van der Waals surface area contributed by atoms with E-state index in [1.54, 1.807) is 38.4 Å². The van der Waals surface area contributed by atoms with Crippen molar-refractivity contribution in [3.8, 4) is 0 Å². The molecule has 1 aliphatic rings. The number of aliphatic carboxylic acids is 1. The molecule has 1 aromatic rings. The van der Waals surface area contributed by atoms with E-state index in [1.807, 2.05) is 0 Å². The Morgan fingerprint density at radius 1 is 1.18 bits per heavy atom. The highest BCUT2D eigenvalue weighted by Gasteiger charge is 2.30. The number of nitrogens with zero attached hydrogens (tertiary/aromatic N) is 1. The van der Waals surface area contributed by atoms with Crippen LogP contribution in [0.25, 0.3) is 0 Å². The molecule has 0 aromatic heterocycles. The van der Waals surface area contributed by atoms with Gasteiger partial charge in [-0.3, -0.25) is 14.4 Å². The number of hydrogen-bond acceptors (Lipinski definition) is 3. The number of amides is 2. The maximum Gasteiger partial charge on any atom is 0.306 e. The Balaban J connectivity index is 2.03. The van der Waals surface area contributed by atoms with Crippen molar-refractivity contribution in [2.45, 2.75) is 25.3 Å². The zero-order valence-corrected chi connectivity index (χ0v) is 12.7. The van der Waals surface area contributed by atoms with Crippen LogP contribution in [-0.4, -0.2) is 47.9 Å². The molecule has 1 aliphatic carbocycles. The molecule has 1 aromatic carbocycles. The third-order valence-electron chi connectivity index (χ3n) is 3.89. The van der Waals surface area contributed by atoms with E-state index in [4.69, 9.17) is 5.11 Å². The highest BCUT2D eigenvalue weighted by atomic mass is 16.4. The average Bonchev–Trinajstić information content (AvgIpc) is 2.95. The van der Waals surface area contributed by atoms with E-state index in [0.717, 1.165) is 0 Å². The van der Waals surface area contributed by atoms with Crippen molar-refractivity contribution in [1.82, 2.24) is 10.2 Å². The monoisotopic (exact) mass is 304 g/mol. The van der Waals surface area contributed by atoms with Crippen LogP contribution in [0, 0.1) is 5.92 Å². The van der Waals surface area contributed by atoms with E-state index in [9.17, 15) is 14.4 Å². The highest BCUT2D eigenvalue weighted by molar-refractivity contribution is 5.99. The minimum absolute atomic E-state index is 0.123. The standard InChI is InChI=1S/C16H20N2O4/c1-18(2)15(20)11-5-3-4-10(8-11)14(19)17-13-7-6-12(9-13)16(21)22/h3-5,8,12-13H,6-7,9H2,1-2H3,(H,17,19)(H,21,22)/t12-,13+/m1/s1. The van der Waals surface area contributed by atoms with E-state index in [1.165, 1.54) is 4.90 Å². The minimum Gasteiger partial charge on any atom is -0.481 e. The summed E-state index contributed by atoms with van der Waals surface area (Å²) >= 11 is 0. The van der Waals surface area contributed by atoms with Crippen molar-refractivity contribution in [3.63, 3.8) is 0 Å². The zero-order chi connectivity index (χ0) is 16.3. The Labute approximate surface area is 129 Å². The summed E-state index contributed by atoms with van der Waals surface area (Å²) in [5, 5.41) is 11.8. The van der Waals surface area contributed by atoms with Crippen molar-refractivity contribution in [2.24, 2.45) is 5.92 Å². The van der Waals surface area contributed by atoms with Crippen LogP contribution in [0.15, 0.2) is 24.3 Å². The van der Waals surface area contributed by atoms with Crippen LogP contribution >= 0.6 is 0 Å². The molecular weight excluding hydrogens is 284 g/mol. The first-order chi connectivity index (χ1) is 10.4. The lowest BCUT2D eigenvalue weighted by Gasteiger charge is -2.14. The van der Waals surface area contributed by atoms with Gasteiger partial charge in [0, 0.05) is 31.3 Å². The number of carbonyl (C=O) groups is 3. The number of nitrogens with one attached hydrogen (secondary N) is 1. The maximum atomic E-state index is 12.2. The first kappa shape index (κ1) is 16.0. The van der Waals surface area contributed by atoms with Crippen molar-refractivity contribution >= 4 is 17.8 Å². The summed E-state index contributed by atoms with van der Waals surface area (Å²) in [5.74, 6) is -1.63. The van der Waals surface area contributed by atoms with Crippen LogP contribution in [0.4, 0.5) is 0 Å². The minimum atomic E-state index is -0.810. The largest absolute Gasteiger partial charge is 0.481 e. The predicted octanol–water partition coefficient (Wildman–Crippen LogP) is 1.37. The Kier molecular flexibility index (Phi) is 4.80. The van der Waals surface area contributed by atoms with E-state index >= 15 is 0 Å². The second kappa shape index (κ2) is 6.60. The van der Waals surface area contributed by atoms with Gasteiger partial charge in [-0.15, -0.1) is 0 Å².